The fraction of sp³-hybridized carbons (Fsp3) is 0.824. The fourth-order valence-electron chi connectivity index (χ4n) is 2.01. The van der Waals surface area contributed by atoms with Crippen molar-refractivity contribution in [2.75, 3.05) is 19.8 Å². The summed E-state index contributed by atoms with van der Waals surface area (Å²) in [6.07, 6.45) is 10.7. The van der Waals surface area contributed by atoms with Gasteiger partial charge in [-0.1, -0.05) is 52.0 Å². The Morgan fingerprint density at radius 3 is 2.43 bits per heavy atom. The molecule has 0 aromatic heterocycles. The number of unbranched alkanes of at least 4 members (excludes halogenated alkanes) is 6. The molecule has 1 N–H and O–H groups in total. The Hall–Kier alpha value is -0.870. The highest BCUT2D eigenvalue weighted by molar-refractivity contribution is 5.81. The summed E-state index contributed by atoms with van der Waals surface area (Å²) in [5.74, 6) is -0.417. The van der Waals surface area contributed by atoms with E-state index < -0.39 is 12.1 Å². The maximum atomic E-state index is 10.8. The monoisotopic (exact) mass is 300 g/mol. The summed E-state index contributed by atoms with van der Waals surface area (Å²) in [5.41, 5.74) is 0. The van der Waals surface area contributed by atoms with Crippen molar-refractivity contribution in [2.45, 2.75) is 70.8 Å². The van der Waals surface area contributed by atoms with Crippen LogP contribution in [0.25, 0.3) is 0 Å². The maximum absolute atomic E-state index is 10.8. The molecule has 4 heteroatoms. The second kappa shape index (κ2) is 15.5. The molecule has 0 saturated carbocycles. The van der Waals surface area contributed by atoms with E-state index in [0.717, 1.165) is 19.1 Å². The van der Waals surface area contributed by atoms with Crippen molar-refractivity contribution in [3.05, 3.63) is 12.7 Å². The molecule has 0 aliphatic heterocycles. The van der Waals surface area contributed by atoms with Gasteiger partial charge in [-0.15, -0.1) is 0 Å². The number of aliphatic hydroxyl groups excluding tert-OH is 1. The molecular weight excluding hydrogens is 268 g/mol. The molecule has 0 aliphatic rings. The number of esters is 1. The van der Waals surface area contributed by atoms with Crippen LogP contribution in [0.1, 0.15) is 64.7 Å². The number of rotatable bonds is 15. The van der Waals surface area contributed by atoms with E-state index in [0.29, 0.717) is 26.1 Å². The Kier molecular flexibility index (Phi) is 14.9. The predicted molar refractivity (Wildman–Crippen MR) is 85.2 cm³/mol. The van der Waals surface area contributed by atoms with Gasteiger partial charge < -0.3 is 14.6 Å². The van der Waals surface area contributed by atoms with Gasteiger partial charge in [0.25, 0.3) is 0 Å². The van der Waals surface area contributed by atoms with Crippen LogP contribution in [-0.4, -0.2) is 37.0 Å². The van der Waals surface area contributed by atoms with Gasteiger partial charge >= 0.3 is 5.97 Å². The normalized spacial score (nSPS) is 12.1. The van der Waals surface area contributed by atoms with Gasteiger partial charge in [-0.3, -0.25) is 0 Å². The Morgan fingerprint density at radius 2 is 1.76 bits per heavy atom. The van der Waals surface area contributed by atoms with Gasteiger partial charge in [-0.2, -0.15) is 0 Å². The Morgan fingerprint density at radius 1 is 1.10 bits per heavy atom. The molecule has 0 fully saturated rings. The van der Waals surface area contributed by atoms with E-state index in [4.69, 9.17) is 9.47 Å². The van der Waals surface area contributed by atoms with Gasteiger partial charge in [0.1, 0.15) is 0 Å². The molecule has 21 heavy (non-hydrogen) atoms. The van der Waals surface area contributed by atoms with Crippen LogP contribution in [0, 0.1) is 0 Å². The van der Waals surface area contributed by atoms with Crippen LogP contribution in [0.5, 0.6) is 0 Å². The minimum Gasteiger partial charge on any atom is -0.463 e. The Bertz CT molecular complexity index is 253. The molecule has 0 bridgehead atoms. The number of hydrogen-bond donors (Lipinski definition) is 1. The van der Waals surface area contributed by atoms with Crippen LogP contribution in [0.2, 0.25) is 0 Å². The predicted octanol–water partition coefficient (Wildman–Crippen LogP) is 3.62. The summed E-state index contributed by atoms with van der Waals surface area (Å²) >= 11 is 0. The van der Waals surface area contributed by atoms with Gasteiger partial charge in [-0.25, -0.2) is 4.79 Å². The van der Waals surface area contributed by atoms with Crippen LogP contribution in [0.15, 0.2) is 12.7 Å². The lowest BCUT2D eigenvalue weighted by atomic mass is 10.1. The van der Waals surface area contributed by atoms with Gasteiger partial charge in [0.15, 0.2) is 0 Å². The van der Waals surface area contributed by atoms with E-state index in [2.05, 4.69) is 13.5 Å². The van der Waals surface area contributed by atoms with E-state index in [1.807, 2.05) is 0 Å². The molecule has 0 saturated heterocycles. The fourth-order valence-corrected chi connectivity index (χ4v) is 2.01. The van der Waals surface area contributed by atoms with Crippen molar-refractivity contribution in [1.82, 2.24) is 0 Å². The third-order valence-electron chi connectivity index (χ3n) is 3.30. The first-order valence-corrected chi connectivity index (χ1v) is 8.25. The lowest BCUT2D eigenvalue weighted by Crippen LogP contribution is -2.16. The van der Waals surface area contributed by atoms with Gasteiger partial charge in [-0.05, 0) is 19.3 Å². The lowest BCUT2D eigenvalue weighted by molar-refractivity contribution is -0.138. The SMILES string of the molecule is C=CC(=O)OCCCC(O)COCCCCCCCCC. The van der Waals surface area contributed by atoms with E-state index in [1.165, 1.54) is 38.5 Å². The second-order valence-electron chi connectivity index (χ2n) is 5.36. The molecule has 0 aromatic rings. The molecule has 124 valence electrons. The van der Waals surface area contributed by atoms with Crippen LogP contribution in [0.3, 0.4) is 0 Å². The zero-order valence-electron chi connectivity index (χ0n) is 13.5. The van der Waals surface area contributed by atoms with Crippen molar-refractivity contribution < 1.29 is 19.4 Å². The largest absolute Gasteiger partial charge is 0.463 e. The van der Waals surface area contributed by atoms with E-state index in [-0.39, 0.29) is 0 Å². The molecule has 0 spiro atoms. The zero-order valence-corrected chi connectivity index (χ0v) is 13.5. The first-order valence-electron chi connectivity index (χ1n) is 8.25. The average Bonchev–Trinajstić information content (AvgIpc) is 2.49. The number of aliphatic hydroxyl groups is 1. The third kappa shape index (κ3) is 15.3. The highest BCUT2D eigenvalue weighted by Crippen LogP contribution is 2.07. The molecular formula is C17H32O4. The van der Waals surface area contributed by atoms with Crippen LogP contribution >= 0.6 is 0 Å². The number of ether oxygens (including phenoxy) is 2. The molecule has 0 amide bonds. The summed E-state index contributed by atoms with van der Waals surface area (Å²) in [4.78, 5) is 10.8. The van der Waals surface area contributed by atoms with Gasteiger partial charge in [0.05, 0.1) is 19.3 Å². The minimum absolute atomic E-state index is 0.319. The number of carbonyl (C=O) groups excluding carboxylic acids is 1. The summed E-state index contributed by atoms with van der Waals surface area (Å²) in [6, 6.07) is 0. The maximum Gasteiger partial charge on any atom is 0.330 e. The van der Waals surface area contributed by atoms with E-state index >= 15 is 0 Å². The zero-order chi connectivity index (χ0) is 15.8. The third-order valence-corrected chi connectivity index (χ3v) is 3.30. The van der Waals surface area contributed by atoms with Crippen molar-refractivity contribution in [3.8, 4) is 0 Å². The Balaban J connectivity index is 3.20. The van der Waals surface area contributed by atoms with Crippen molar-refractivity contribution >= 4 is 5.97 Å². The average molecular weight is 300 g/mol. The lowest BCUT2D eigenvalue weighted by Gasteiger charge is -2.11. The van der Waals surface area contributed by atoms with E-state index in [9.17, 15) is 9.90 Å². The second-order valence-corrected chi connectivity index (χ2v) is 5.36. The summed E-state index contributed by atoms with van der Waals surface area (Å²) < 4.78 is 10.3. The molecule has 0 rings (SSSR count). The summed E-state index contributed by atoms with van der Waals surface area (Å²) in [6.45, 7) is 6.94. The highest BCUT2D eigenvalue weighted by Gasteiger charge is 2.05. The van der Waals surface area contributed by atoms with Crippen LogP contribution < -0.4 is 0 Å². The summed E-state index contributed by atoms with van der Waals surface area (Å²) in [7, 11) is 0. The molecule has 1 unspecified atom stereocenters. The molecule has 0 aromatic carbocycles. The number of carbonyl (C=O) groups is 1. The molecule has 1 atom stereocenters. The van der Waals surface area contributed by atoms with Gasteiger partial charge in [0.2, 0.25) is 0 Å². The number of hydrogen-bond acceptors (Lipinski definition) is 4. The van der Waals surface area contributed by atoms with Gasteiger partial charge in [0, 0.05) is 12.7 Å². The molecule has 0 aliphatic carbocycles. The van der Waals surface area contributed by atoms with Crippen LogP contribution in [-0.2, 0) is 14.3 Å². The summed E-state index contributed by atoms with van der Waals surface area (Å²) in [5, 5.41) is 9.69. The molecule has 4 nitrogen and oxygen atoms in total. The van der Waals surface area contributed by atoms with E-state index in [1.54, 1.807) is 0 Å². The standard InChI is InChI=1S/C17H32O4/c1-3-5-6-7-8-9-10-13-20-15-16(18)12-11-14-21-17(19)4-2/h4,16,18H,2-3,5-15H2,1H3. The minimum atomic E-state index is -0.475. The topological polar surface area (TPSA) is 55.8 Å². The van der Waals surface area contributed by atoms with Crippen molar-refractivity contribution in [1.29, 1.82) is 0 Å². The first kappa shape index (κ1) is 20.1. The van der Waals surface area contributed by atoms with Crippen molar-refractivity contribution in [3.63, 3.8) is 0 Å². The molecule has 0 heterocycles. The molecule has 0 radical (unpaired) electrons. The highest BCUT2D eigenvalue weighted by atomic mass is 16.5. The smallest absolute Gasteiger partial charge is 0.330 e. The van der Waals surface area contributed by atoms with Crippen molar-refractivity contribution in [2.24, 2.45) is 0 Å². The van der Waals surface area contributed by atoms with Crippen LogP contribution in [0.4, 0.5) is 0 Å². The first-order chi connectivity index (χ1) is 10.2. The Labute approximate surface area is 129 Å². The quantitative estimate of drug-likeness (QED) is 0.285.